The molecule has 1 aromatic carbocycles. The van der Waals surface area contributed by atoms with Gasteiger partial charge in [0.15, 0.2) is 5.89 Å². The molecule has 3 heterocycles. The highest BCUT2D eigenvalue weighted by atomic mass is 16.6. The van der Waals surface area contributed by atoms with E-state index in [2.05, 4.69) is 52.8 Å². The Kier molecular flexibility index (Phi) is 11.2. The Balaban J connectivity index is 1.15. The van der Waals surface area contributed by atoms with E-state index in [0.29, 0.717) is 61.7 Å². The number of oxazole rings is 1. The van der Waals surface area contributed by atoms with Crippen LogP contribution in [-0.2, 0) is 14.9 Å². The minimum Gasteiger partial charge on any atom is -0.496 e. The molecule has 0 spiro atoms. The largest absolute Gasteiger partial charge is 0.496 e. The van der Waals surface area contributed by atoms with Gasteiger partial charge in [-0.05, 0) is 118 Å². The number of methoxy groups -OCH3 is 1. The van der Waals surface area contributed by atoms with Gasteiger partial charge in [0.2, 0.25) is 5.91 Å². The summed E-state index contributed by atoms with van der Waals surface area (Å²) >= 11 is 0. The number of amides is 2. The average Bonchev–Trinajstić information content (AvgIpc) is 3.63. The van der Waals surface area contributed by atoms with Crippen LogP contribution in [0.15, 0.2) is 47.2 Å². The van der Waals surface area contributed by atoms with Crippen molar-refractivity contribution in [1.82, 2.24) is 14.9 Å². The fourth-order valence-electron chi connectivity index (χ4n) is 7.92. The first-order valence-electron chi connectivity index (χ1n) is 18.8. The van der Waals surface area contributed by atoms with Crippen LogP contribution in [0, 0.1) is 24.7 Å². The monoisotopic (exact) mass is 684 g/mol. The number of hydrogen-bond donors (Lipinski definition) is 0. The number of carbonyl (C=O) groups excluding carboxylic acids is 2. The number of pyridine rings is 1. The molecule has 9 nitrogen and oxygen atoms in total. The zero-order chi connectivity index (χ0) is 35.4. The van der Waals surface area contributed by atoms with Gasteiger partial charge < -0.3 is 18.8 Å². The van der Waals surface area contributed by atoms with Crippen molar-refractivity contribution in [2.75, 3.05) is 31.6 Å². The molecule has 50 heavy (non-hydrogen) atoms. The SMILES string of the molecule is COc1ccc(C2CCC(CN(C(=O)C3CCC(OC(=O)N4CCC(C)CC4)CC3)c3cc(-c4coc(C(C)(C)C)n4)ccn3)CC2)cc1C. The van der Waals surface area contributed by atoms with Crippen LogP contribution < -0.4 is 9.64 Å². The second kappa shape index (κ2) is 15.6. The molecule has 0 bridgehead atoms. The molecule has 2 aromatic heterocycles. The first kappa shape index (κ1) is 35.9. The van der Waals surface area contributed by atoms with Gasteiger partial charge in [-0.2, -0.15) is 0 Å². The molecule has 3 aromatic rings. The second-order valence-corrected chi connectivity index (χ2v) is 16.1. The number of ether oxygens (including phenoxy) is 2. The zero-order valence-electron chi connectivity index (χ0n) is 31.0. The fraction of sp³-hybridized carbons (Fsp3) is 0.610. The summed E-state index contributed by atoms with van der Waals surface area (Å²) < 4.78 is 17.3. The number of hydrogen-bond acceptors (Lipinski definition) is 7. The lowest BCUT2D eigenvalue weighted by Gasteiger charge is -2.36. The van der Waals surface area contributed by atoms with Crippen LogP contribution in [0.25, 0.3) is 11.3 Å². The summed E-state index contributed by atoms with van der Waals surface area (Å²) in [4.78, 5) is 40.7. The molecule has 0 N–H and O–H groups in total. The van der Waals surface area contributed by atoms with Crippen molar-refractivity contribution >= 4 is 17.8 Å². The van der Waals surface area contributed by atoms with Crippen LogP contribution in [0.3, 0.4) is 0 Å². The van der Waals surface area contributed by atoms with Crippen molar-refractivity contribution in [3.05, 3.63) is 59.8 Å². The van der Waals surface area contributed by atoms with Gasteiger partial charge >= 0.3 is 6.09 Å². The van der Waals surface area contributed by atoms with Gasteiger partial charge in [-0.15, -0.1) is 0 Å². The zero-order valence-corrected chi connectivity index (χ0v) is 31.0. The molecule has 2 amide bonds. The predicted molar refractivity (Wildman–Crippen MR) is 195 cm³/mol. The van der Waals surface area contributed by atoms with Crippen molar-refractivity contribution in [1.29, 1.82) is 0 Å². The summed E-state index contributed by atoms with van der Waals surface area (Å²) in [5.74, 6) is 3.79. The molecule has 270 valence electrons. The van der Waals surface area contributed by atoms with Crippen molar-refractivity contribution in [3.63, 3.8) is 0 Å². The maximum Gasteiger partial charge on any atom is 0.410 e. The van der Waals surface area contributed by atoms with Crippen LogP contribution in [-0.4, -0.2) is 59.7 Å². The Hall–Kier alpha value is -3.88. The summed E-state index contributed by atoms with van der Waals surface area (Å²) in [6, 6.07) is 10.5. The number of aryl methyl sites for hydroxylation is 1. The average molecular weight is 685 g/mol. The Morgan fingerprint density at radius 3 is 2.32 bits per heavy atom. The number of aromatic nitrogens is 2. The van der Waals surface area contributed by atoms with Crippen LogP contribution in [0.2, 0.25) is 0 Å². The molecule has 0 radical (unpaired) electrons. The first-order chi connectivity index (χ1) is 24.0. The van der Waals surface area contributed by atoms with Gasteiger partial charge in [0.25, 0.3) is 0 Å². The van der Waals surface area contributed by atoms with Crippen molar-refractivity contribution in [3.8, 4) is 17.0 Å². The minimum atomic E-state index is -0.209. The van der Waals surface area contributed by atoms with E-state index in [9.17, 15) is 9.59 Å². The van der Waals surface area contributed by atoms with E-state index in [1.807, 2.05) is 21.9 Å². The van der Waals surface area contributed by atoms with E-state index >= 15 is 0 Å². The third-order valence-electron chi connectivity index (χ3n) is 11.2. The lowest BCUT2D eigenvalue weighted by molar-refractivity contribution is -0.124. The van der Waals surface area contributed by atoms with Crippen LogP contribution in [0.4, 0.5) is 10.6 Å². The molecule has 6 rings (SSSR count). The lowest BCUT2D eigenvalue weighted by atomic mass is 9.78. The highest BCUT2D eigenvalue weighted by Crippen LogP contribution is 2.39. The molecule has 2 aliphatic carbocycles. The number of benzene rings is 1. The Bertz CT molecular complexity index is 1600. The fourth-order valence-corrected chi connectivity index (χ4v) is 7.92. The van der Waals surface area contributed by atoms with Gasteiger partial charge in [-0.1, -0.05) is 39.8 Å². The Morgan fingerprint density at radius 2 is 1.68 bits per heavy atom. The molecule has 0 atom stereocenters. The molecule has 1 aliphatic heterocycles. The van der Waals surface area contributed by atoms with E-state index in [4.69, 9.17) is 23.9 Å². The molecule has 3 aliphatic rings. The summed E-state index contributed by atoms with van der Waals surface area (Å²) in [6.07, 6.45) is 12.3. The number of nitrogens with zero attached hydrogens (tertiary/aromatic N) is 4. The first-order valence-corrected chi connectivity index (χ1v) is 18.8. The lowest BCUT2D eigenvalue weighted by Crippen LogP contribution is -2.43. The van der Waals surface area contributed by atoms with E-state index in [1.54, 1.807) is 19.6 Å². The summed E-state index contributed by atoms with van der Waals surface area (Å²) in [7, 11) is 1.72. The molecule has 0 unspecified atom stereocenters. The summed E-state index contributed by atoms with van der Waals surface area (Å²) in [5, 5.41) is 0. The quantitative estimate of drug-likeness (QED) is 0.233. The molecular formula is C41H56N4O5. The Labute approximate surface area is 298 Å². The van der Waals surface area contributed by atoms with Gasteiger partial charge in [0.1, 0.15) is 29.6 Å². The van der Waals surface area contributed by atoms with Crippen molar-refractivity contribution < 1.29 is 23.5 Å². The maximum absolute atomic E-state index is 14.5. The standard InChI is InChI=1S/C41H56N4O5/c1-27-18-21-44(22-19-27)40(47)50-34-14-11-31(12-15-34)38(46)45(37-24-33(17-20-42-37)35-26-49-39(43-35)41(3,4)5)25-29-7-9-30(10-8-29)32-13-16-36(48-6)28(2)23-32/h13,16-17,20,23-24,26-27,29-31,34H,7-12,14-15,18-19,21-22,25H2,1-6H3. The minimum absolute atomic E-state index is 0.118. The topological polar surface area (TPSA) is 98.0 Å². The summed E-state index contributed by atoms with van der Waals surface area (Å²) in [5.41, 5.74) is 3.96. The van der Waals surface area contributed by atoms with Gasteiger partial charge in [-0.3, -0.25) is 9.69 Å². The molecule has 9 heteroatoms. The normalized spacial score (nSPS) is 23.4. The number of anilines is 1. The van der Waals surface area contributed by atoms with Crippen LogP contribution >= 0.6 is 0 Å². The number of piperidine rings is 1. The predicted octanol–water partition coefficient (Wildman–Crippen LogP) is 9.09. The summed E-state index contributed by atoms with van der Waals surface area (Å²) in [6.45, 7) is 12.7. The number of rotatable bonds is 8. The highest BCUT2D eigenvalue weighted by molar-refractivity contribution is 5.94. The van der Waals surface area contributed by atoms with E-state index in [-0.39, 0.29) is 29.4 Å². The third-order valence-corrected chi connectivity index (χ3v) is 11.2. The van der Waals surface area contributed by atoms with Crippen molar-refractivity contribution in [2.24, 2.45) is 17.8 Å². The molecular weight excluding hydrogens is 628 g/mol. The molecule has 3 fully saturated rings. The highest BCUT2D eigenvalue weighted by Gasteiger charge is 2.35. The smallest absolute Gasteiger partial charge is 0.410 e. The number of carbonyl (C=O) groups is 2. The van der Waals surface area contributed by atoms with Gasteiger partial charge in [0, 0.05) is 42.7 Å². The van der Waals surface area contributed by atoms with Crippen LogP contribution in [0.1, 0.15) is 115 Å². The van der Waals surface area contributed by atoms with E-state index in [1.165, 1.54) is 11.1 Å². The maximum atomic E-state index is 14.5. The Morgan fingerprint density at radius 1 is 0.960 bits per heavy atom. The second-order valence-electron chi connectivity index (χ2n) is 16.1. The molecule has 1 saturated heterocycles. The van der Waals surface area contributed by atoms with Gasteiger partial charge in [-0.25, -0.2) is 14.8 Å². The van der Waals surface area contributed by atoms with Crippen molar-refractivity contribution in [2.45, 2.75) is 116 Å². The molecule has 2 saturated carbocycles. The van der Waals surface area contributed by atoms with Gasteiger partial charge in [0.05, 0.1) is 7.11 Å². The number of likely N-dealkylation sites (tertiary alicyclic amines) is 1. The van der Waals surface area contributed by atoms with E-state index in [0.717, 1.165) is 68.6 Å². The third kappa shape index (κ3) is 8.52. The van der Waals surface area contributed by atoms with Crippen LogP contribution in [0.5, 0.6) is 5.75 Å². The van der Waals surface area contributed by atoms with E-state index < -0.39 is 0 Å².